The summed E-state index contributed by atoms with van der Waals surface area (Å²) in [7, 11) is 0. The number of carbonyl (C=O) groups is 4. The molecule has 4 saturated heterocycles. The molecule has 1 aromatic carbocycles. The van der Waals surface area contributed by atoms with Crippen LogP contribution in [0.4, 0.5) is 11.4 Å². The number of carbonyl (C=O) groups excluding carboxylic acids is 4. The predicted octanol–water partition coefficient (Wildman–Crippen LogP) is -7.27. The lowest BCUT2D eigenvalue weighted by molar-refractivity contribution is -0.422. The van der Waals surface area contributed by atoms with Crippen LogP contribution >= 0.6 is 0 Å². The van der Waals surface area contributed by atoms with E-state index in [0.717, 1.165) is 39.8 Å². The summed E-state index contributed by atoms with van der Waals surface area (Å²) in [5, 5.41) is 130. The van der Waals surface area contributed by atoms with Crippen LogP contribution in [0.5, 0.6) is 5.75 Å². The molecule has 5 rings (SSSR count). The average molecular weight is 997 g/mol. The minimum absolute atomic E-state index is 0.397. The molecular formula is C38H56N6O25. The van der Waals surface area contributed by atoms with Crippen LogP contribution in [0.2, 0.25) is 0 Å². The van der Waals surface area contributed by atoms with Crippen molar-refractivity contribution in [1.29, 1.82) is 0 Å². The molecule has 0 unspecified atom stereocenters. The van der Waals surface area contributed by atoms with Gasteiger partial charge in [-0.25, -0.2) is 0 Å². The molecule has 388 valence electrons. The minimum atomic E-state index is -2.00. The zero-order valence-electron chi connectivity index (χ0n) is 37.1. The van der Waals surface area contributed by atoms with E-state index in [1.165, 1.54) is 0 Å². The van der Waals surface area contributed by atoms with Gasteiger partial charge < -0.3 is 105 Å². The molecule has 4 heterocycles. The second kappa shape index (κ2) is 23.8. The van der Waals surface area contributed by atoms with E-state index < -0.39 is 200 Å². The van der Waals surface area contributed by atoms with E-state index in [1.54, 1.807) is 0 Å². The Morgan fingerprint density at radius 3 is 1.16 bits per heavy atom. The van der Waals surface area contributed by atoms with Crippen molar-refractivity contribution in [2.45, 2.75) is 150 Å². The summed E-state index contributed by atoms with van der Waals surface area (Å²) in [5.41, 5.74) is -1.86. The van der Waals surface area contributed by atoms with Gasteiger partial charge in [-0.2, -0.15) is 0 Å². The lowest BCUT2D eigenvalue weighted by Crippen LogP contribution is -2.72. The summed E-state index contributed by atoms with van der Waals surface area (Å²) >= 11 is 0. The highest BCUT2D eigenvalue weighted by Crippen LogP contribution is 2.36. The molecule has 4 fully saturated rings. The number of nitrogens with zero attached hydrogens (tertiary/aromatic N) is 2. The van der Waals surface area contributed by atoms with E-state index in [2.05, 4.69) is 21.3 Å². The van der Waals surface area contributed by atoms with Crippen molar-refractivity contribution < 1.29 is 113 Å². The average Bonchev–Trinajstić information content (AvgIpc) is 3.28. The van der Waals surface area contributed by atoms with Crippen LogP contribution < -0.4 is 26.0 Å². The third-order valence-electron chi connectivity index (χ3n) is 11.4. The standard InChI is InChI=1S/C38H56N6O25/c1-12(49)39-23-28(54)27(53)19(8-45)63-36(23)67-33-21(10-47)65-38(25(30(33)56)41-14(3)51)69-34-22(11-48)66-37(26(31(34)57)42-15(4)52)68-32-20(9-46)64-35(24(29(32)55)40-13(2)50)62-16-5-6-17(43(58)59)18(7-16)44(60)61/h5-7,19-38,45-48,53-57H,8-11H2,1-4H3,(H,39,49)(H,40,50)(H,41,51)(H,42,52)/t19-,20-,21-,22-,23-,24-,25-,26-,27-,28-,29-,30-,31-,32-,33-,34-,35-,36+,37+,38+/m1/s1. The second-order valence-corrected chi connectivity index (χ2v) is 16.3. The highest BCUT2D eigenvalue weighted by atomic mass is 16.8. The Balaban J connectivity index is 1.40. The predicted molar refractivity (Wildman–Crippen MR) is 218 cm³/mol. The summed E-state index contributed by atoms with van der Waals surface area (Å²) in [6.45, 7) is 0.398. The third kappa shape index (κ3) is 12.7. The van der Waals surface area contributed by atoms with Crippen LogP contribution in [-0.2, 0) is 52.3 Å². The summed E-state index contributed by atoms with van der Waals surface area (Å²) in [6.07, 6.45) is -28.3. The third-order valence-corrected chi connectivity index (χ3v) is 11.4. The van der Waals surface area contributed by atoms with Crippen molar-refractivity contribution in [2.24, 2.45) is 0 Å². The maximum atomic E-state index is 12.6. The van der Waals surface area contributed by atoms with E-state index in [-0.39, 0.29) is 0 Å². The lowest BCUT2D eigenvalue weighted by Gasteiger charge is -2.51. The fraction of sp³-hybridized carbons (Fsp3) is 0.737. The van der Waals surface area contributed by atoms with Crippen molar-refractivity contribution >= 4 is 35.0 Å². The van der Waals surface area contributed by atoms with Crippen molar-refractivity contribution in [3.05, 3.63) is 38.4 Å². The van der Waals surface area contributed by atoms with Gasteiger partial charge in [-0.3, -0.25) is 39.4 Å². The molecule has 31 heteroatoms. The second-order valence-electron chi connectivity index (χ2n) is 16.3. The van der Waals surface area contributed by atoms with E-state index >= 15 is 0 Å². The Bertz CT molecular complexity index is 1990. The number of hydrogen-bond donors (Lipinski definition) is 13. The number of aliphatic hydroxyl groups excluding tert-OH is 9. The van der Waals surface area contributed by atoms with Crippen molar-refractivity contribution in [3.8, 4) is 5.75 Å². The van der Waals surface area contributed by atoms with Gasteiger partial charge in [0.25, 0.3) is 0 Å². The van der Waals surface area contributed by atoms with Gasteiger partial charge in [0.1, 0.15) is 103 Å². The minimum Gasteiger partial charge on any atom is -0.462 e. The molecule has 69 heavy (non-hydrogen) atoms. The van der Waals surface area contributed by atoms with E-state index in [4.69, 9.17) is 37.9 Å². The van der Waals surface area contributed by atoms with Crippen LogP contribution in [0.3, 0.4) is 0 Å². The van der Waals surface area contributed by atoms with Gasteiger partial charge in [0.2, 0.25) is 29.9 Å². The number of benzene rings is 1. The SMILES string of the molecule is CC(=O)N[C@H]1[C@H](Oc2ccc([N+](=O)[O-])c([N+](=O)[O-])c2)O[C@H](CO)[C@@H](O[C@@H]2O[C@H](CO)[C@@H](O[C@@H]3O[C@H](CO)[C@@H](O[C@@H]4O[C@H](CO)[C@@H](O)[C@H](O)[C@H]4NC(C)=O)[C@H](O)[C@H]3NC(C)=O)[C@H](O)[C@H]2NC(C)=O)[C@@H]1O. The molecule has 0 saturated carbocycles. The Hall–Kier alpha value is -4.94. The number of hydrogen-bond acceptors (Lipinski definition) is 25. The van der Waals surface area contributed by atoms with E-state index in [0.29, 0.717) is 6.07 Å². The molecule has 0 bridgehead atoms. The largest absolute Gasteiger partial charge is 0.462 e. The summed E-state index contributed by atoms with van der Waals surface area (Å²) < 4.78 is 47.1. The van der Waals surface area contributed by atoms with Crippen LogP contribution in [0.1, 0.15) is 27.7 Å². The van der Waals surface area contributed by atoms with Crippen LogP contribution in [-0.4, -0.2) is 228 Å². The first-order valence-corrected chi connectivity index (χ1v) is 21.1. The zero-order valence-corrected chi connectivity index (χ0v) is 37.1. The van der Waals surface area contributed by atoms with Gasteiger partial charge >= 0.3 is 11.4 Å². The molecule has 4 amide bonds. The summed E-state index contributed by atoms with van der Waals surface area (Å²) in [6, 6.07) is -4.12. The molecule has 0 aliphatic carbocycles. The topological polar surface area (TPSA) is 459 Å². The number of nitro benzene ring substituents is 2. The maximum absolute atomic E-state index is 12.6. The van der Waals surface area contributed by atoms with Gasteiger partial charge in [-0.15, -0.1) is 0 Å². The summed E-state index contributed by atoms with van der Waals surface area (Å²) in [4.78, 5) is 70.4. The van der Waals surface area contributed by atoms with E-state index in [1.807, 2.05) is 0 Å². The fourth-order valence-electron chi connectivity index (χ4n) is 8.27. The van der Waals surface area contributed by atoms with Crippen LogP contribution in [0, 0.1) is 20.2 Å². The van der Waals surface area contributed by atoms with E-state index in [9.17, 15) is 85.4 Å². The zero-order chi connectivity index (χ0) is 51.2. The van der Waals surface area contributed by atoms with Gasteiger partial charge in [-0.05, 0) is 6.07 Å². The lowest BCUT2D eigenvalue weighted by atomic mass is 9.93. The Labute approximate surface area is 389 Å². The van der Waals surface area contributed by atoms with Gasteiger partial charge in [0.05, 0.1) is 42.3 Å². The number of nitrogens with one attached hydrogen (secondary N) is 4. The molecule has 4 aliphatic heterocycles. The molecular weight excluding hydrogens is 940 g/mol. The van der Waals surface area contributed by atoms with Crippen molar-refractivity contribution in [3.63, 3.8) is 0 Å². The smallest absolute Gasteiger partial charge is 0.349 e. The first-order chi connectivity index (χ1) is 32.5. The highest BCUT2D eigenvalue weighted by Gasteiger charge is 2.56. The molecule has 31 nitrogen and oxygen atoms in total. The first-order valence-electron chi connectivity index (χ1n) is 21.1. The van der Waals surface area contributed by atoms with Gasteiger partial charge in [-0.1, -0.05) is 0 Å². The number of rotatable bonds is 18. The molecule has 0 radical (unpaired) electrons. The van der Waals surface area contributed by atoms with Crippen molar-refractivity contribution in [2.75, 3.05) is 26.4 Å². The van der Waals surface area contributed by atoms with Crippen LogP contribution in [0.15, 0.2) is 18.2 Å². The number of amides is 4. The van der Waals surface area contributed by atoms with Gasteiger partial charge in [0, 0.05) is 33.8 Å². The normalized spacial score (nSPS) is 38.0. The van der Waals surface area contributed by atoms with Crippen LogP contribution in [0.25, 0.3) is 0 Å². The molecule has 1 aromatic rings. The van der Waals surface area contributed by atoms with Gasteiger partial charge in [0.15, 0.2) is 18.9 Å². The Morgan fingerprint density at radius 1 is 0.507 bits per heavy atom. The summed E-state index contributed by atoms with van der Waals surface area (Å²) in [5.74, 6) is -3.51. The quantitative estimate of drug-likeness (QED) is 0.0480. The Morgan fingerprint density at radius 2 is 0.826 bits per heavy atom. The molecule has 13 N–H and O–H groups in total. The molecule has 0 aromatic heterocycles. The number of ether oxygens (including phenoxy) is 8. The highest BCUT2D eigenvalue weighted by molar-refractivity contribution is 5.74. The molecule has 4 aliphatic rings. The molecule has 0 spiro atoms. The maximum Gasteiger partial charge on any atom is 0.349 e. The first kappa shape index (κ1) is 55.0. The van der Waals surface area contributed by atoms with Crippen molar-refractivity contribution in [1.82, 2.24) is 21.3 Å². The Kier molecular flexibility index (Phi) is 19.0. The molecule has 20 atom stereocenters. The number of aliphatic hydroxyl groups is 9. The monoisotopic (exact) mass is 996 g/mol. The fourth-order valence-corrected chi connectivity index (χ4v) is 8.27. The number of nitro groups is 2.